The highest BCUT2D eigenvalue weighted by Gasteiger charge is 2.28. The Bertz CT molecular complexity index is 386. The Morgan fingerprint density at radius 3 is 2.12 bits per heavy atom. The van der Waals surface area contributed by atoms with Gasteiger partial charge in [-0.05, 0) is 54.9 Å². The van der Waals surface area contributed by atoms with Crippen molar-refractivity contribution in [1.82, 2.24) is 0 Å². The van der Waals surface area contributed by atoms with Gasteiger partial charge >= 0.3 is 6.16 Å². The molecule has 1 unspecified atom stereocenters. The molecule has 0 aliphatic heterocycles. The van der Waals surface area contributed by atoms with Crippen molar-refractivity contribution in [2.24, 2.45) is 0 Å². The van der Waals surface area contributed by atoms with Gasteiger partial charge in [-0.2, -0.15) is 0 Å². The summed E-state index contributed by atoms with van der Waals surface area (Å²) in [6.45, 7) is 16.1. The molecule has 0 aliphatic rings. The molecule has 0 saturated heterocycles. The minimum Gasteiger partial charge on any atom is -0.434 e. The maximum atomic E-state index is 11.8. The average molecular weight is 363 g/mol. The van der Waals surface area contributed by atoms with Crippen LogP contribution in [0.4, 0.5) is 4.79 Å². The molecule has 0 aliphatic carbocycles. The zero-order valence-electron chi connectivity index (χ0n) is 17.3. The van der Waals surface area contributed by atoms with Crippen LogP contribution in [0.3, 0.4) is 0 Å². The number of rotatable bonds is 12. The predicted octanol–water partition coefficient (Wildman–Crippen LogP) is 4.08. The molecule has 0 rings (SSSR count). The van der Waals surface area contributed by atoms with E-state index in [1.807, 2.05) is 34.6 Å². The van der Waals surface area contributed by atoms with E-state index in [2.05, 4.69) is 6.92 Å². The second kappa shape index (κ2) is 10.3. The fraction of sp³-hybridized carbons (Fsp3) is 0.947. The molecule has 0 bridgehead atoms. The van der Waals surface area contributed by atoms with Crippen LogP contribution in [-0.2, 0) is 18.9 Å². The number of ether oxygens (including phenoxy) is 4. The fourth-order valence-electron chi connectivity index (χ4n) is 1.82. The van der Waals surface area contributed by atoms with Crippen molar-refractivity contribution < 1.29 is 28.8 Å². The van der Waals surface area contributed by atoms with E-state index in [1.54, 1.807) is 13.8 Å². The first-order valence-electron chi connectivity index (χ1n) is 9.12. The van der Waals surface area contributed by atoms with Crippen LogP contribution in [-0.4, -0.2) is 54.0 Å². The highest BCUT2D eigenvalue weighted by molar-refractivity contribution is 5.60. The number of hydrogen-bond donors (Lipinski definition) is 1. The zero-order valence-corrected chi connectivity index (χ0v) is 17.3. The normalized spacial score (nSPS) is 15.1. The molecule has 0 aromatic carbocycles. The van der Waals surface area contributed by atoms with Crippen LogP contribution in [0.1, 0.15) is 74.7 Å². The molecule has 0 aromatic heterocycles. The molecule has 0 aromatic rings. The molecule has 25 heavy (non-hydrogen) atoms. The van der Waals surface area contributed by atoms with E-state index >= 15 is 0 Å². The summed E-state index contributed by atoms with van der Waals surface area (Å²) in [5.74, 6) is 0. The molecular weight excluding hydrogens is 324 g/mol. The Hall–Kier alpha value is -0.850. The van der Waals surface area contributed by atoms with E-state index in [9.17, 15) is 9.90 Å². The van der Waals surface area contributed by atoms with Crippen LogP contribution in [0.5, 0.6) is 0 Å². The maximum Gasteiger partial charge on any atom is 0.508 e. The van der Waals surface area contributed by atoms with Crippen molar-refractivity contribution in [2.45, 2.75) is 97.6 Å². The third kappa shape index (κ3) is 13.1. The van der Waals surface area contributed by atoms with Crippen LogP contribution in [0.25, 0.3) is 0 Å². The van der Waals surface area contributed by atoms with E-state index in [0.717, 1.165) is 6.42 Å². The van der Waals surface area contributed by atoms with E-state index in [-0.39, 0.29) is 18.3 Å². The molecule has 1 atom stereocenters. The van der Waals surface area contributed by atoms with Crippen LogP contribution in [0, 0.1) is 0 Å². The average Bonchev–Trinajstić information content (AvgIpc) is 2.43. The van der Waals surface area contributed by atoms with E-state index < -0.39 is 17.4 Å². The molecule has 0 amide bonds. The van der Waals surface area contributed by atoms with Crippen LogP contribution >= 0.6 is 0 Å². The number of hydrogen-bond acceptors (Lipinski definition) is 6. The molecule has 150 valence electrons. The molecule has 6 heteroatoms. The lowest BCUT2D eigenvalue weighted by Gasteiger charge is -2.31. The Kier molecular flexibility index (Phi) is 9.98. The fourth-order valence-corrected chi connectivity index (χ4v) is 1.82. The van der Waals surface area contributed by atoms with E-state index in [0.29, 0.717) is 26.1 Å². The van der Waals surface area contributed by atoms with Gasteiger partial charge in [0.15, 0.2) is 0 Å². The Morgan fingerprint density at radius 2 is 1.64 bits per heavy atom. The summed E-state index contributed by atoms with van der Waals surface area (Å²) in [7, 11) is 0. The highest BCUT2D eigenvalue weighted by Crippen LogP contribution is 2.21. The standard InChI is InChI=1S/C19H38O6/c1-9-19(8,14-23-15(2)3)24-13-11-18(6,7)25-16(20)22-12-10-17(4,5)21/h15,21H,9-14H2,1-8H3. The Labute approximate surface area is 153 Å². The lowest BCUT2D eigenvalue weighted by atomic mass is 10.0. The zero-order chi connectivity index (χ0) is 19.7. The quantitative estimate of drug-likeness (QED) is 0.527. The summed E-state index contributed by atoms with van der Waals surface area (Å²) in [5, 5.41) is 9.60. The van der Waals surface area contributed by atoms with Gasteiger partial charge in [0.05, 0.1) is 37.1 Å². The summed E-state index contributed by atoms with van der Waals surface area (Å²) in [6.07, 6.45) is 1.17. The summed E-state index contributed by atoms with van der Waals surface area (Å²) in [5.41, 5.74) is -1.92. The van der Waals surface area contributed by atoms with Gasteiger partial charge in [0.2, 0.25) is 0 Å². The predicted molar refractivity (Wildman–Crippen MR) is 97.8 cm³/mol. The summed E-state index contributed by atoms with van der Waals surface area (Å²) < 4.78 is 22.0. The van der Waals surface area contributed by atoms with Gasteiger partial charge in [-0.25, -0.2) is 4.79 Å². The van der Waals surface area contributed by atoms with Crippen molar-refractivity contribution in [3.63, 3.8) is 0 Å². The number of carbonyl (C=O) groups is 1. The molecule has 0 fully saturated rings. The lowest BCUT2D eigenvalue weighted by Crippen LogP contribution is -2.37. The summed E-state index contributed by atoms with van der Waals surface area (Å²) in [4.78, 5) is 11.8. The van der Waals surface area contributed by atoms with Crippen molar-refractivity contribution in [2.75, 3.05) is 19.8 Å². The second-order valence-electron chi connectivity index (χ2n) is 8.28. The van der Waals surface area contributed by atoms with E-state index in [1.165, 1.54) is 0 Å². The first kappa shape index (κ1) is 24.1. The van der Waals surface area contributed by atoms with Crippen molar-refractivity contribution in [3.05, 3.63) is 0 Å². The molecule has 0 radical (unpaired) electrons. The molecule has 0 saturated carbocycles. The SMILES string of the molecule is CCC(C)(COC(C)C)OCCC(C)(C)OC(=O)OCCC(C)(C)O. The molecule has 0 heterocycles. The van der Waals surface area contributed by atoms with Crippen LogP contribution < -0.4 is 0 Å². The maximum absolute atomic E-state index is 11.8. The van der Waals surface area contributed by atoms with Gasteiger partial charge < -0.3 is 24.1 Å². The minimum atomic E-state index is -0.869. The van der Waals surface area contributed by atoms with Crippen LogP contribution in [0.2, 0.25) is 0 Å². The van der Waals surface area contributed by atoms with Gasteiger partial charge in [0.25, 0.3) is 0 Å². The second-order valence-corrected chi connectivity index (χ2v) is 8.28. The first-order valence-corrected chi connectivity index (χ1v) is 9.12. The monoisotopic (exact) mass is 362 g/mol. The summed E-state index contributed by atoms with van der Waals surface area (Å²) in [6, 6.07) is 0. The Balaban J connectivity index is 4.23. The van der Waals surface area contributed by atoms with Crippen LogP contribution in [0.15, 0.2) is 0 Å². The van der Waals surface area contributed by atoms with E-state index in [4.69, 9.17) is 18.9 Å². The third-order valence-electron chi connectivity index (χ3n) is 3.92. The van der Waals surface area contributed by atoms with Crippen molar-refractivity contribution >= 4 is 6.16 Å². The Morgan fingerprint density at radius 1 is 1.04 bits per heavy atom. The molecule has 0 spiro atoms. The van der Waals surface area contributed by atoms with Crippen molar-refractivity contribution in [1.29, 1.82) is 0 Å². The molecule has 6 nitrogen and oxygen atoms in total. The van der Waals surface area contributed by atoms with Gasteiger partial charge in [0, 0.05) is 12.8 Å². The summed E-state index contributed by atoms with van der Waals surface area (Å²) >= 11 is 0. The van der Waals surface area contributed by atoms with Gasteiger partial charge in [-0.15, -0.1) is 0 Å². The molecule has 1 N–H and O–H groups in total. The van der Waals surface area contributed by atoms with Gasteiger partial charge in [-0.3, -0.25) is 0 Å². The largest absolute Gasteiger partial charge is 0.508 e. The third-order valence-corrected chi connectivity index (χ3v) is 3.92. The van der Waals surface area contributed by atoms with Gasteiger partial charge in [0.1, 0.15) is 5.60 Å². The first-order chi connectivity index (χ1) is 11.3. The lowest BCUT2D eigenvalue weighted by molar-refractivity contribution is -0.114. The number of aliphatic hydroxyl groups is 1. The molecular formula is C19H38O6. The highest BCUT2D eigenvalue weighted by atomic mass is 16.7. The topological polar surface area (TPSA) is 74.2 Å². The minimum absolute atomic E-state index is 0.120. The van der Waals surface area contributed by atoms with Crippen molar-refractivity contribution in [3.8, 4) is 0 Å². The number of carbonyl (C=O) groups excluding carboxylic acids is 1. The van der Waals surface area contributed by atoms with Gasteiger partial charge in [-0.1, -0.05) is 6.92 Å². The smallest absolute Gasteiger partial charge is 0.434 e.